The fourth-order valence-corrected chi connectivity index (χ4v) is 4.60. The molecule has 0 spiro atoms. The van der Waals surface area contributed by atoms with Crippen molar-refractivity contribution in [2.24, 2.45) is 4.99 Å². The molecule has 1 fully saturated rings. The number of piperidine rings is 1. The lowest BCUT2D eigenvalue weighted by Gasteiger charge is -2.42. The molecule has 0 bridgehead atoms. The third-order valence-corrected chi connectivity index (χ3v) is 6.60. The zero-order valence-corrected chi connectivity index (χ0v) is 20.7. The summed E-state index contributed by atoms with van der Waals surface area (Å²) >= 11 is 0. The molecule has 1 saturated heterocycles. The number of nitriles is 1. The number of hydrogen-bond acceptors (Lipinski definition) is 6. The Labute approximate surface area is 218 Å². The lowest BCUT2D eigenvalue weighted by Crippen LogP contribution is -2.51. The van der Waals surface area contributed by atoms with Crippen molar-refractivity contribution in [2.45, 2.75) is 18.3 Å². The number of methoxy groups -OCH3 is 1. The Morgan fingerprint density at radius 1 is 1.11 bits per heavy atom. The number of aromatic hydroxyl groups is 1. The van der Waals surface area contributed by atoms with Crippen LogP contribution in [0, 0.1) is 23.1 Å². The van der Waals surface area contributed by atoms with Crippen LogP contribution in [-0.2, 0) is 5.41 Å². The summed E-state index contributed by atoms with van der Waals surface area (Å²) in [5.41, 5.74) is -0.494. The van der Waals surface area contributed by atoms with Crippen LogP contribution in [0.5, 0.6) is 17.2 Å². The molecule has 0 saturated carbocycles. The number of halogens is 2. The molecule has 38 heavy (non-hydrogen) atoms. The number of amides is 1. The number of aliphatic imine (C=N–C) groups is 1. The van der Waals surface area contributed by atoms with E-state index in [-0.39, 0.29) is 29.6 Å². The first-order chi connectivity index (χ1) is 18.3. The Morgan fingerprint density at radius 2 is 1.79 bits per heavy atom. The summed E-state index contributed by atoms with van der Waals surface area (Å²) in [6.07, 6.45) is 2.47. The predicted molar refractivity (Wildman–Crippen MR) is 136 cm³/mol. The van der Waals surface area contributed by atoms with Crippen LogP contribution in [0.15, 0.2) is 71.7 Å². The fraction of sp³-hybridized carbons (Fsp3) is 0.250. The van der Waals surface area contributed by atoms with Gasteiger partial charge in [0.2, 0.25) is 6.19 Å². The van der Waals surface area contributed by atoms with Crippen molar-refractivity contribution in [1.29, 1.82) is 5.26 Å². The number of phenolic OH excluding ortho intramolecular Hbond substituents is 1. The van der Waals surface area contributed by atoms with E-state index in [0.29, 0.717) is 37.2 Å². The van der Waals surface area contributed by atoms with E-state index in [1.165, 1.54) is 25.3 Å². The van der Waals surface area contributed by atoms with Crippen molar-refractivity contribution in [3.63, 3.8) is 0 Å². The average molecular weight is 521 g/mol. The maximum absolute atomic E-state index is 14.3. The molecule has 0 aliphatic carbocycles. The van der Waals surface area contributed by atoms with E-state index in [0.717, 1.165) is 6.07 Å². The van der Waals surface area contributed by atoms with Gasteiger partial charge in [-0.3, -0.25) is 4.79 Å². The normalized spacial score (nSPS) is 14.9. The number of phenols is 1. The highest BCUT2D eigenvalue weighted by Crippen LogP contribution is 2.37. The number of carbonyl (C=O) groups excluding carboxylic acids is 1. The highest BCUT2D eigenvalue weighted by molar-refractivity contribution is 5.99. The number of likely N-dealkylation sites (tertiary alicyclic amines) is 1. The summed E-state index contributed by atoms with van der Waals surface area (Å²) in [7, 11) is 1.39. The van der Waals surface area contributed by atoms with E-state index >= 15 is 0 Å². The lowest BCUT2D eigenvalue weighted by atomic mass is 9.72. The maximum Gasteiger partial charge on any atom is 0.308 e. The fourth-order valence-electron chi connectivity index (χ4n) is 4.60. The zero-order valence-electron chi connectivity index (χ0n) is 20.7. The molecule has 196 valence electrons. The molecule has 8 nitrogen and oxygen atoms in total. The summed E-state index contributed by atoms with van der Waals surface area (Å²) in [5.74, 6) is -1.59. The van der Waals surface area contributed by atoms with Crippen LogP contribution in [0.1, 0.15) is 28.8 Å². The molecule has 4 rings (SSSR count). The van der Waals surface area contributed by atoms with E-state index < -0.39 is 23.0 Å². The number of amidine groups is 1. The van der Waals surface area contributed by atoms with Gasteiger partial charge in [-0.1, -0.05) is 24.3 Å². The molecule has 0 radical (unpaired) electrons. The van der Waals surface area contributed by atoms with Crippen molar-refractivity contribution in [3.8, 4) is 23.4 Å². The second kappa shape index (κ2) is 11.6. The van der Waals surface area contributed by atoms with E-state index in [1.807, 2.05) is 6.07 Å². The molecule has 0 atom stereocenters. The first-order valence-corrected chi connectivity index (χ1v) is 11.9. The number of para-hydroxylation sites is 1. The number of nitrogens with one attached hydrogen (secondary N) is 1. The summed E-state index contributed by atoms with van der Waals surface area (Å²) in [5, 5.41) is 22.3. The van der Waals surface area contributed by atoms with E-state index in [4.69, 9.17) is 9.47 Å². The van der Waals surface area contributed by atoms with Gasteiger partial charge in [0, 0.05) is 31.1 Å². The van der Waals surface area contributed by atoms with Gasteiger partial charge in [0.05, 0.1) is 7.11 Å². The second-order valence-electron chi connectivity index (χ2n) is 8.87. The minimum atomic E-state index is -0.850. The lowest BCUT2D eigenvalue weighted by molar-refractivity contribution is 0.0924. The van der Waals surface area contributed by atoms with Gasteiger partial charge in [-0.2, -0.15) is 5.26 Å². The molecule has 0 aromatic heterocycles. The van der Waals surface area contributed by atoms with Crippen molar-refractivity contribution in [2.75, 3.05) is 26.7 Å². The predicted octanol–water partition coefficient (Wildman–Crippen LogP) is 4.36. The topological polar surface area (TPSA) is 107 Å². The van der Waals surface area contributed by atoms with Crippen LogP contribution >= 0.6 is 0 Å². The summed E-state index contributed by atoms with van der Waals surface area (Å²) in [4.78, 5) is 18.7. The van der Waals surface area contributed by atoms with E-state index in [2.05, 4.69) is 10.3 Å². The molecule has 1 aliphatic rings. The highest BCUT2D eigenvalue weighted by Gasteiger charge is 2.39. The highest BCUT2D eigenvalue weighted by atomic mass is 19.1. The van der Waals surface area contributed by atoms with Gasteiger partial charge in [0.1, 0.15) is 34.4 Å². The smallest absolute Gasteiger partial charge is 0.308 e. The van der Waals surface area contributed by atoms with Crippen molar-refractivity contribution in [1.82, 2.24) is 10.2 Å². The summed E-state index contributed by atoms with van der Waals surface area (Å²) in [6, 6.07) is 16.8. The molecule has 2 N–H and O–H groups in total. The minimum Gasteiger partial charge on any atom is -0.507 e. The van der Waals surface area contributed by atoms with E-state index in [9.17, 15) is 23.9 Å². The molecule has 10 heteroatoms. The SMILES string of the molecule is COc1cccc(O)c1C(=O)NCC1(c2cc(F)cc(F)c2)CCN(C(=NC#N)Oc2ccccc2)CC1. The number of benzene rings is 3. The van der Waals surface area contributed by atoms with Gasteiger partial charge in [-0.25, -0.2) is 8.78 Å². The minimum absolute atomic E-state index is 0.0321. The molecular weight excluding hydrogens is 494 g/mol. The standard InChI is InChI=1S/C28H26F2N4O4/c1-37-24-9-5-8-23(35)25(24)26(36)32-17-28(19-14-20(29)16-21(30)15-19)10-12-34(13-11-28)27(33-18-31)38-22-6-3-2-4-7-22/h2-9,14-16,35H,10-13,17H2,1H3,(H,32,36). The number of rotatable bonds is 6. The Kier molecular flexibility index (Phi) is 8.06. The van der Waals surface area contributed by atoms with Gasteiger partial charge in [-0.15, -0.1) is 4.99 Å². The molecular formula is C28H26F2N4O4. The molecule has 1 heterocycles. The van der Waals surface area contributed by atoms with Gasteiger partial charge in [0.15, 0.2) is 0 Å². The molecule has 0 unspecified atom stereocenters. The van der Waals surface area contributed by atoms with Crippen molar-refractivity contribution < 1.29 is 28.2 Å². The Hall–Kier alpha value is -4.65. The molecule has 3 aromatic rings. The van der Waals surface area contributed by atoms with E-state index in [1.54, 1.807) is 47.5 Å². The van der Waals surface area contributed by atoms with Crippen LogP contribution in [0.25, 0.3) is 0 Å². The summed E-state index contributed by atoms with van der Waals surface area (Å²) < 4.78 is 39.5. The first-order valence-electron chi connectivity index (χ1n) is 11.9. The number of nitrogens with zero attached hydrogens (tertiary/aromatic N) is 3. The largest absolute Gasteiger partial charge is 0.507 e. The van der Waals surface area contributed by atoms with Gasteiger partial charge >= 0.3 is 6.02 Å². The van der Waals surface area contributed by atoms with Crippen molar-refractivity contribution in [3.05, 3.63) is 89.5 Å². The average Bonchev–Trinajstić information content (AvgIpc) is 2.91. The van der Waals surface area contributed by atoms with Crippen LogP contribution < -0.4 is 14.8 Å². The number of hydrogen-bond donors (Lipinski definition) is 2. The third-order valence-electron chi connectivity index (χ3n) is 6.60. The Balaban J connectivity index is 1.58. The van der Waals surface area contributed by atoms with Crippen LogP contribution in [-0.4, -0.2) is 48.7 Å². The van der Waals surface area contributed by atoms with Gasteiger partial charge < -0.3 is 24.8 Å². The Bertz CT molecular complexity index is 1350. The quantitative estimate of drug-likeness (QED) is 0.284. The van der Waals surface area contributed by atoms with Crippen LogP contribution in [0.2, 0.25) is 0 Å². The third kappa shape index (κ3) is 5.83. The van der Waals surface area contributed by atoms with Crippen LogP contribution in [0.4, 0.5) is 8.78 Å². The maximum atomic E-state index is 14.3. The van der Waals surface area contributed by atoms with Crippen LogP contribution in [0.3, 0.4) is 0 Å². The molecule has 1 amide bonds. The van der Waals surface area contributed by atoms with Crippen molar-refractivity contribution >= 4 is 11.9 Å². The first kappa shape index (κ1) is 26.4. The Morgan fingerprint density at radius 3 is 2.42 bits per heavy atom. The molecule has 3 aromatic carbocycles. The number of ether oxygens (including phenoxy) is 2. The second-order valence-corrected chi connectivity index (χ2v) is 8.87. The summed E-state index contributed by atoms with van der Waals surface area (Å²) in [6.45, 7) is 0.701. The molecule has 1 aliphatic heterocycles. The zero-order chi connectivity index (χ0) is 27.1. The van der Waals surface area contributed by atoms with Gasteiger partial charge in [0.25, 0.3) is 5.91 Å². The monoisotopic (exact) mass is 520 g/mol. The van der Waals surface area contributed by atoms with Gasteiger partial charge in [-0.05, 0) is 54.8 Å². The number of carbonyl (C=O) groups is 1.